The Hall–Kier alpha value is -1.26. The Morgan fingerprint density at radius 3 is 2.58 bits per heavy atom. The summed E-state index contributed by atoms with van der Waals surface area (Å²) in [4.78, 5) is 0. The molecule has 19 heavy (non-hydrogen) atoms. The Bertz CT molecular complexity index is 408. The Labute approximate surface area is 114 Å². The molecule has 2 atom stereocenters. The van der Waals surface area contributed by atoms with Gasteiger partial charge in [0.15, 0.2) is 11.5 Å². The molecule has 0 bridgehead atoms. The zero-order valence-corrected chi connectivity index (χ0v) is 11.7. The van der Waals surface area contributed by atoms with E-state index in [2.05, 4.69) is 5.32 Å². The number of hydrogen-bond acceptors (Lipinski definition) is 4. The average Bonchev–Trinajstić information content (AvgIpc) is 2.46. The first-order chi connectivity index (χ1) is 9.24. The molecule has 1 saturated carbocycles. The minimum Gasteiger partial charge on any atom is -0.493 e. The van der Waals surface area contributed by atoms with Crippen LogP contribution in [-0.4, -0.2) is 31.5 Å². The summed E-state index contributed by atoms with van der Waals surface area (Å²) in [5.74, 6) is 1.48. The molecule has 1 aliphatic carbocycles. The molecule has 0 radical (unpaired) electrons. The molecule has 0 aromatic heterocycles. The van der Waals surface area contributed by atoms with Gasteiger partial charge in [-0.05, 0) is 30.5 Å². The maximum Gasteiger partial charge on any atom is 0.161 e. The van der Waals surface area contributed by atoms with Crippen molar-refractivity contribution < 1.29 is 14.6 Å². The van der Waals surface area contributed by atoms with E-state index in [0.29, 0.717) is 0 Å². The van der Waals surface area contributed by atoms with E-state index in [1.54, 1.807) is 14.2 Å². The van der Waals surface area contributed by atoms with Crippen LogP contribution in [0.2, 0.25) is 0 Å². The van der Waals surface area contributed by atoms with Crippen molar-refractivity contribution in [1.29, 1.82) is 0 Å². The quantitative estimate of drug-likeness (QED) is 0.856. The molecule has 0 heterocycles. The average molecular weight is 265 g/mol. The van der Waals surface area contributed by atoms with Crippen molar-refractivity contribution in [1.82, 2.24) is 5.32 Å². The lowest BCUT2D eigenvalue weighted by Crippen LogP contribution is -2.41. The standard InChI is InChI=1S/C15H23NO3/c1-18-14-8-7-11(9-15(14)19-2)10-16-12-5-3-4-6-13(12)17/h7-9,12-13,16-17H,3-6,10H2,1-2H3/t12-,13-/m1/s1. The van der Waals surface area contributed by atoms with Crippen molar-refractivity contribution in [3.05, 3.63) is 23.8 Å². The van der Waals surface area contributed by atoms with Crippen LogP contribution in [0.4, 0.5) is 0 Å². The number of hydrogen-bond donors (Lipinski definition) is 2. The SMILES string of the molecule is COc1ccc(CN[C@@H]2CCCC[C@H]2O)cc1OC. The predicted octanol–water partition coefficient (Wildman–Crippen LogP) is 2.10. The number of methoxy groups -OCH3 is 2. The summed E-state index contributed by atoms with van der Waals surface area (Å²) >= 11 is 0. The third-order valence-electron chi connectivity index (χ3n) is 3.75. The smallest absolute Gasteiger partial charge is 0.161 e. The van der Waals surface area contributed by atoms with E-state index in [1.807, 2.05) is 18.2 Å². The lowest BCUT2D eigenvalue weighted by molar-refractivity contribution is 0.0902. The second kappa shape index (κ2) is 6.78. The minimum absolute atomic E-state index is 0.210. The van der Waals surface area contributed by atoms with E-state index in [4.69, 9.17) is 9.47 Å². The molecule has 0 aliphatic heterocycles. The summed E-state index contributed by atoms with van der Waals surface area (Å²) in [6.45, 7) is 0.738. The molecular weight excluding hydrogens is 242 g/mol. The van der Waals surface area contributed by atoms with Gasteiger partial charge in [0.25, 0.3) is 0 Å². The molecule has 0 saturated heterocycles. The Morgan fingerprint density at radius 1 is 1.16 bits per heavy atom. The van der Waals surface area contributed by atoms with E-state index in [-0.39, 0.29) is 12.1 Å². The van der Waals surface area contributed by atoms with E-state index in [1.165, 1.54) is 6.42 Å². The van der Waals surface area contributed by atoms with Gasteiger partial charge in [0, 0.05) is 12.6 Å². The molecule has 1 aliphatic rings. The summed E-state index contributed by atoms with van der Waals surface area (Å²) in [6, 6.07) is 6.11. The third kappa shape index (κ3) is 3.61. The van der Waals surface area contributed by atoms with Crippen LogP contribution in [0.25, 0.3) is 0 Å². The van der Waals surface area contributed by atoms with Crippen LogP contribution in [0.5, 0.6) is 11.5 Å². The number of rotatable bonds is 5. The van der Waals surface area contributed by atoms with Gasteiger partial charge in [-0.3, -0.25) is 0 Å². The number of ether oxygens (including phenoxy) is 2. The third-order valence-corrected chi connectivity index (χ3v) is 3.75. The molecule has 106 valence electrons. The molecule has 1 aromatic carbocycles. The van der Waals surface area contributed by atoms with Crippen LogP contribution >= 0.6 is 0 Å². The largest absolute Gasteiger partial charge is 0.493 e. The van der Waals surface area contributed by atoms with E-state index in [0.717, 1.165) is 42.9 Å². The van der Waals surface area contributed by atoms with Crippen LogP contribution in [0.1, 0.15) is 31.2 Å². The van der Waals surface area contributed by atoms with Gasteiger partial charge in [0.1, 0.15) is 0 Å². The minimum atomic E-state index is -0.214. The zero-order valence-electron chi connectivity index (χ0n) is 11.7. The second-order valence-corrected chi connectivity index (χ2v) is 5.03. The van der Waals surface area contributed by atoms with Gasteiger partial charge >= 0.3 is 0 Å². The lowest BCUT2D eigenvalue weighted by atomic mass is 9.92. The number of aliphatic hydroxyl groups is 1. The zero-order chi connectivity index (χ0) is 13.7. The van der Waals surface area contributed by atoms with E-state index >= 15 is 0 Å². The highest BCUT2D eigenvalue weighted by Gasteiger charge is 2.22. The molecule has 0 spiro atoms. The summed E-state index contributed by atoms with van der Waals surface area (Å²) in [5.41, 5.74) is 1.13. The van der Waals surface area contributed by atoms with Gasteiger partial charge in [0.2, 0.25) is 0 Å². The van der Waals surface area contributed by atoms with Crippen molar-refractivity contribution in [3.63, 3.8) is 0 Å². The topological polar surface area (TPSA) is 50.7 Å². The molecule has 2 rings (SSSR count). The second-order valence-electron chi connectivity index (χ2n) is 5.03. The Morgan fingerprint density at radius 2 is 1.89 bits per heavy atom. The van der Waals surface area contributed by atoms with Gasteiger partial charge in [-0.2, -0.15) is 0 Å². The Kier molecular flexibility index (Phi) is 5.05. The highest BCUT2D eigenvalue weighted by molar-refractivity contribution is 5.42. The first-order valence-electron chi connectivity index (χ1n) is 6.87. The van der Waals surface area contributed by atoms with Crippen molar-refractivity contribution >= 4 is 0 Å². The fourth-order valence-electron chi connectivity index (χ4n) is 2.59. The molecule has 4 heteroatoms. The van der Waals surface area contributed by atoms with Crippen LogP contribution < -0.4 is 14.8 Å². The Balaban J connectivity index is 1.95. The lowest BCUT2D eigenvalue weighted by Gasteiger charge is -2.28. The predicted molar refractivity (Wildman–Crippen MR) is 74.6 cm³/mol. The fourth-order valence-corrected chi connectivity index (χ4v) is 2.59. The maximum absolute atomic E-state index is 9.92. The number of benzene rings is 1. The van der Waals surface area contributed by atoms with Crippen molar-refractivity contribution in [2.24, 2.45) is 0 Å². The molecule has 4 nitrogen and oxygen atoms in total. The first-order valence-corrected chi connectivity index (χ1v) is 6.87. The van der Waals surface area contributed by atoms with Gasteiger partial charge < -0.3 is 19.9 Å². The van der Waals surface area contributed by atoms with E-state index in [9.17, 15) is 5.11 Å². The van der Waals surface area contributed by atoms with Gasteiger partial charge in [-0.25, -0.2) is 0 Å². The number of aliphatic hydroxyl groups excluding tert-OH is 1. The van der Waals surface area contributed by atoms with Crippen LogP contribution in [0.3, 0.4) is 0 Å². The van der Waals surface area contributed by atoms with Gasteiger partial charge in [-0.1, -0.05) is 18.9 Å². The van der Waals surface area contributed by atoms with Gasteiger partial charge in [-0.15, -0.1) is 0 Å². The van der Waals surface area contributed by atoms with Crippen molar-refractivity contribution in [2.45, 2.75) is 44.4 Å². The first kappa shape index (κ1) is 14.2. The summed E-state index contributed by atoms with van der Waals surface area (Å²) in [6.07, 6.45) is 4.07. The molecule has 1 fully saturated rings. The highest BCUT2D eigenvalue weighted by atomic mass is 16.5. The van der Waals surface area contributed by atoms with Gasteiger partial charge in [0.05, 0.1) is 20.3 Å². The van der Waals surface area contributed by atoms with Crippen LogP contribution in [-0.2, 0) is 6.54 Å². The van der Waals surface area contributed by atoms with Crippen molar-refractivity contribution in [3.8, 4) is 11.5 Å². The molecule has 1 aromatic rings. The monoisotopic (exact) mass is 265 g/mol. The summed E-state index contributed by atoms with van der Waals surface area (Å²) < 4.78 is 10.5. The van der Waals surface area contributed by atoms with Crippen LogP contribution in [0.15, 0.2) is 18.2 Å². The van der Waals surface area contributed by atoms with E-state index < -0.39 is 0 Å². The fraction of sp³-hybridized carbons (Fsp3) is 0.600. The molecule has 0 amide bonds. The molecule has 0 unspecified atom stereocenters. The molecule has 2 N–H and O–H groups in total. The summed E-state index contributed by atoms with van der Waals surface area (Å²) in [7, 11) is 3.27. The highest BCUT2D eigenvalue weighted by Crippen LogP contribution is 2.27. The normalized spacial score (nSPS) is 23.1. The maximum atomic E-state index is 9.92. The summed E-state index contributed by atoms with van der Waals surface area (Å²) in [5, 5.41) is 13.4. The van der Waals surface area contributed by atoms with Crippen LogP contribution in [0, 0.1) is 0 Å². The number of nitrogens with one attached hydrogen (secondary N) is 1. The molecular formula is C15H23NO3. The van der Waals surface area contributed by atoms with Crippen molar-refractivity contribution in [2.75, 3.05) is 14.2 Å².